The average molecular weight is 413 g/mol. The summed E-state index contributed by atoms with van der Waals surface area (Å²) in [4.78, 5) is 15.9. The Bertz CT molecular complexity index is 774. The number of benzene rings is 1. The van der Waals surface area contributed by atoms with E-state index in [1.165, 1.54) is 6.20 Å². The van der Waals surface area contributed by atoms with E-state index in [-0.39, 0.29) is 6.03 Å². The number of hydrogen-bond donors (Lipinski definition) is 3. The maximum atomic E-state index is 11.8. The van der Waals surface area contributed by atoms with Crippen LogP contribution in [-0.4, -0.2) is 44.9 Å². The van der Waals surface area contributed by atoms with Gasteiger partial charge in [0.2, 0.25) is 0 Å². The summed E-state index contributed by atoms with van der Waals surface area (Å²) in [5, 5.41) is 9.50. The lowest BCUT2D eigenvalue weighted by molar-refractivity contribution is 0.241. The second-order valence-electron chi connectivity index (χ2n) is 5.53. The molecule has 0 fully saturated rings. The first-order chi connectivity index (χ1) is 13.0. The maximum absolute atomic E-state index is 11.8. The molecule has 9 heteroatoms. The molecule has 0 atom stereocenters. The van der Waals surface area contributed by atoms with Crippen molar-refractivity contribution in [1.82, 2.24) is 15.6 Å². The molecule has 146 valence electrons. The number of carbonyl (C=O) groups is 1. The topological polar surface area (TPSA) is 84.5 Å². The number of rotatable bonds is 9. The molecule has 0 aliphatic heterocycles. The maximum Gasteiger partial charge on any atom is 0.314 e. The lowest BCUT2D eigenvalue weighted by Gasteiger charge is -2.11. The average Bonchev–Trinajstić information content (AvgIpc) is 2.66. The minimum absolute atomic E-state index is 0.243. The van der Waals surface area contributed by atoms with E-state index in [0.717, 1.165) is 5.56 Å². The summed E-state index contributed by atoms with van der Waals surface area (Å²) in [7, 11) is 3.18. The van der Waals surface area contributed by atoms with Gasteiger partial charge in [-0.2, -0.15) is 0 Å². The summed E-state index contributed by atoms with van der Waals surface area (Å²) in [5.74, 6) is 1.87. The number of methoxy groups -OCH3 is 2. The van der Waals surface area contributed by atoms with Crippen molar-refractivity contribution < 1.29 is 14.3 Å². The van der Waals surface area contributed by atoms with Crippen molar-refractivity contribution in [3.63, 3.8) is 0 Å². The standard InChI is InChI=1S/C18H22Cl2N4O3/c1-26-15-4-3-12(9-16(15)27-2)5-6-22-18(25)23-8-7-21-17-14(20)10-13(19)11-24-17/h3-4,9-11H,5-8H2,1-2H3,(H,21,24)(H2,22,23,25). The number of aromatic nitrogens is 1. The van der Waals surface area contributed by atoms with Gasteiger partial charge >= 0.3 is 6.03 Å². The second kappa shape index (κ2) is 10.7. The van der Waals surface area contributed by atoms with Crippen molar-refractivity contribution in [1.29, 1.82) is 0 Å². The van der Waals surface area contributed by atoms with Crippen molar-refractivity contribution in [3.8, 4) is 11.5 Å². The molecule has 0 bridgehead atoms. The van der Waals surface area contributed by atoms with Crippen LogP contribution in [0, 0.1) is 0 Å². The molecule has 0 aliphatic carbocycles. The van der Waals surface area contributed by atoms with Crippen LogP contribution in [0.3, 0.4) is 0 Å². The third-order valence-electron chi connectivity index (χ3n) is 3.66. The zero-order valence-corrected chi connectivity index (χ0v) is 16.7. The van der Waals surface area contributed by atoms with Crippen LogP contribution in [0.5, 0.6) is 11.5 Å². The van der Waals surface area contributed by atoms with E-state index in [0.29, 0.717) is 53.4 Å². The fraction of sp³-hybridized carbons (Fsp3) is 0.333. The van der Waals surface area contributed by atoms with Gasteiger partial charge in [-0.25, -0.2) is 9.78 Å². The van der Waals surface area contributed by atoms with E-state index in [1.807, 2.05) is 18.2 Å². The van der Waals surface area contributed by atoms with Gasteiger partial charge in [-0.1, -0.05) is 29.3 Å². The molecule has 2 rings (SSSR count). The summed E-state index contributed by atoms with van der Waals surface area (Å²) >= 11 is 11.8. The van der Waals surface area contributed by atoms with Crippen LogP contribution < -0.4 is 25.4 Å². The van der Waals surface area contributed by atoms with Crippen LogP contribution >= 0.6 is 23.2 Å². The van der Waals surface area contributed by atoms with Gasteiger partial charge in [-0.05, 0) is 30.2 Å². The van der Waals surface area contributed by atoms with Gasteiger partial charge in [0, 0.05) is 25.8 Å². The number of nitrogens with zero attached hydrogens (tertiary/aromatic N) is 1. The second-order valence-corrected chi connectivity index (χ2v) is 6.38. The Morgan fingerprint density at radius 1 is 1.04 bits per heavy atom. The Kier molecular flexibility index (Phi) is 8.29. The molecule has 0 unspecified atom stereocenters. The molecule has 1 heterocycles. The van der Waals surface area contributed by atoms with Gasteiger partial charge in [0.05, 0.1) is 24.3 Å². The highest BCUT2D eigenvalue weighted by Crippen LogP contribution is 2.27. The first kappa shape index (κ1) is 20.9. The molecule has 2 amide bonds. The van der Waals surface area contributed by atoms with Crippen LogP contribution in [-0.2, 0) is 6.42 Å². The number of carbonyl (C=O) groups excluding carboxylic acids is 1. The van der Waals surface area contributed by atoms with Gasteiger partial charge in [-0.3, -0.25) is 0 Å². The van der Waals surface area contributed by atoms with Crippen LogP contribution in [0.4, 0.5) is 10.6 Å². The fourth-order valence-electron chi connectivity index (χ4n) is 2.32. The van der Waals surface area contributed by atoms with Gasteiger partial charge in [-0.15, -0.1) is 0 Å². The van der Waals surface area contributed by atoms with Crippen LogP contribution in [0.25, 0.3) is 0 Å². The number of ether oxygens (including phenoxy) is 2. The predicted molar refractivity (Wildman–Crippen MR) is 107 cm³/mol. The van der Waals surface area contributed by atoms with E-state index in [9.17, 15) is 4.79 Å². The molecule has 0 spiro atoms. The highest BCUT2D eigenvalue weighted by atomic mass is 35.5. The lowest BCUT2D eigenvalue weighted by Crippen LogP contribution is -2.38. The van der Waals surface area contributed by atoms with Gasteiger partial charge in [0.1, 0.15) is 5.82 Å². The quantitative estimate of drug-likeness (QED) is 0.549. The Hall–Kier alpha value is -2.38. The van der Waals surface area contributed by atoms with E-state index in [2.05, 4.69) is 20.9 Å². The third kappa shape index (κ3) is 6.69. The molecule has 2 aromatic rings. The largest absolute Gasteiger partial charge is 0.493 e. The Labute approximate surface area is 168 Å². The molecule has 0 saturated carbocycles. The minimum atomic E-state index is -0.243. The van der Waals surface area contributed by atoms with Crippen LogP contribution in [0.15, 0.2) is 30.5 Å². The summed E-state index contributed by atoms with van der Waals surface area (Å²) < 4.78 is 10.5. The van der Waals surface area contributed by atoms with Crippen molar-refractivity contribution in [2.75, 3.05) is 39.2 Å². The van der Waals surface area contributed by atoms with Gasteiger partial charge in [0.15, 0.2) is 11.5 Å². The zero-order valence-electron chi connectivity index (χ0n) is 15.1. The molecule has 0 saturated heterocycles. The number of nitrogens with one attached hydrogen (secondary N) is 3. The van der Waals surface area contributed by atoms with Crippen molar-refractivity contribution in [2.45, 2.75) is 6.42 Å². The number of halogens is 2. The number of amides is 2. The van der Waals surface area contributed by atoms with Gasteiger partial charge in [0.25, 0.3) is 0 Å². The van der Waals surface area contributed by atoms with E-state index >= 15 is 0 Å². The van der Waals surface area contributed by atoms with E-state index < -0.39 is 0 Å². The molecule has 27 heavy (non-hydrogen) atoms. The molecule has 7 nitrogen and oxygen atoms in total. The Morgan fingerprint density at radius 2 is 1.78 bits per heavy atom. The monoisotopic (exact) mass is 412 g/mol. The SMILES string of the molecule is COc1ccc(CCNC(=O)NCCNc2ncc(Cl)cc2Cl)cc1OC. The first-order valence-corrected chi connectivity index (χ1v) is 9.06. The molecule has 0 radical (unpaired) electrons. The smallest absolute Gasteiger partial charge is 0.314 e. The third-order valence-corrected chi connectivity index (χ3v) is 4.15. The molecule has 1 aromatic carbocycles. The molecule has 0 aliphatic rings. The highest BCUT2D eigenvalue weighted by Gasteiger charge is 2.06. The fourth-order valence-corrected chi connectivity index (χ4v) is 2.77. The Morgan fingerprint density at radius 3 is 2.48 bits per heavy atom. The summed E-state index contributed by atoms with van der Waals surface area (Å²) in [5.41, 5.74) is 1.04. The predicted octanol–water partition coefficient (Wildman–Crippen LogP) is 3.36. The van der Waals surface area contributed by atoms with Crippen LogP contribution in [0.1, 0.15) is 5.56 Å². The van der Waals surface area contributed by atoms with Gasteiger partial charge < -0.3 is 25.4 Å². The zero-order chi connectivity index (χ0) is 19.6. The summed E-state index contributed by atoms with van der Waals surface area (Å²) in [6.45, 7) is 1.40. The van der Waals surface area contributed by atoms with Crippen molar-refractivity contribution >= 4 is 35.1 Å². The normalized spacial score (nSPS) is 10.2. The summed E-state index contributed by atoms with van der Waals surface area (Å²) in [6, 6.07) is 7.04. The van der Waals surface area contributed by atoms with Crippen molar-refractivity contribution in [3.05, 3.63) is 46.1 Å². The number of hydrogen-bond acceptors (Lipinski definition) is 5. The van der Waals surface area contributed by atoms with Crippen molar-refractivity contribution in [2.24, 2.45) is 0 Å². The molecular formula is C18H22Cl2N4O3. The van der Waals surface area contributed by atoms with E-state index in [1.54, 1.807) is 20.3 Å². The lowest BCUT2D eigenvalue weighted by atomic mass is 10.1. The number of pyridine rings is 1. The van der Waals surface area contributed by atoms with E-state index in [4.69, 9.17) is 32.7 Å². The molecule has 3 N–H and O–H groups in total. The summed E-state index contributed by atoms with van der Waals surface area (Å²) in [6.07, 6.45) is 2.18. The molecular weight excluding hydrogens is 391 g/mol. The highest BCUT2D eigenvalue weighted by molar-refractivity contribution is 6.35. The molecule has 1 aromatic heterocycles. The number of urea groups is 1. The Balaban J connectivity index is 1.66. The minimum Gasteiger partial charge on any atom is -0.493 e. The first-order valence-electron chi connectivity index (χ1n) is 8.31. The van der Waals surface area contributed by atoms with Crippen LogP contribution in [0.2, 0.25) is 10.0 Å². The number of anilines is 1.